The first-order valence-electron chi connectivity index (χ1n) is 4.68. The van der Waals surface area contributed by atoms with E-state index in [-0.39, 0.29) is 6.04 Å². The summed E-state index contributed by atoms with van der Waals surface area (Å²) in [6.07, 6.45) is 0. The second-order valence-corrected chi connectivity index (χ2v) is 3.37. The number of rotatable bonds is 5. The summed E-state index contributed by atoms with van der Waals surface area (Å²) in [5, 5.41) is 0. The Bertz CT molecular complexity index is 274. The van der Waals surface area contributed by atoms with E-state index in [4.69, 9.17) is 15.2 Å². The van der Waals surface area contributed by atoms with Gasteiger partial charge >= 0.3 is 0 Å². The Morgan fingerprint density at radius 2 is 2.21 bits per heavy atom. The van der Waals surface area contributed by atoms with Crippen molar-refractivity contribution in [3.05, 3.63) is 29.8 Å². The Kier molecular flexibility index (Phi) is 4.43. The normalized spacial score (nSPS) is 12.5. The molecule has 0 radical (unpaired) electrons. The molecular weight excluding hydrogens is 178 g/mol. The molecule has 1 atom stereocenters. The average Bonchev–Trinajstić information content (AvgIpc) is 2.16. The van der Waals surface area contributed by atoms with E-state index >= 15 is 0 Å². The first-order valence-corrected chi connectivity index (χ1v) is 4.68. The standard InChI is InChI=1S/C11H17NO2/c1-9(12)7-14-11-5-3-4-10(6-11)8-13-2/h3-6,9H,7-8,12H2,1-2H3/t9-/m0/s1. The number of hydrogen-bond donors (Lipinski definition) is 1. The molecule has 0 fully saturated rings. The molecule has 1 rings (SSSR count). The molecule has 2 N–H and O–H groups in total. The summed E-state index contributed by atoms with van der Waals surface area (Å²) in [5.41, 5.74) is 6.69. The van der Waals surface area contributed by atoms with Gasteiger partial charge < -0.3 is 15.2 Å². The Labute approximate surface area is 84.8 Å². The van der Waals surface area contributed by atoms with Crippen LogP contribution in [0, 0.1) is 0 Å². The molecule has 0 heterocycles. The number of benzene rings is 1. The minimum Gasteiger partial charge on any atom is -0.492 e. The van der Waals surface area contributed by atoms with Gasteiger partial charge in [0.05, 0.1) is 6.61 Å². The van der Waals surface area contributed by atoms with E-state index < -0.39 is 0 Å². The minimum atomic E-state index is 0.0566. The lowest BCUT2D eigenvalue weighted by Crippen LogP contribution is -2.23. The van der Waals surface area contributed by atoms with Crippen LogP contribution in [0.5, 0.6) is 5.75 Å². The fourth-order valence-electron chi connectivity index (χ4n) is 1.12. The highest BCUT2D eigenvalue weighted by Crippen LogP contribution is 2.13. The molecule has 0 aliphatic heterocycles. The van der Waals surface area contributed by atoms with Crippen molar-refractivity contribution in [2.45, 2.75) is 19.6 Å². The fourth-order valence-corrected chi connectivity index (χ4v) is 1.12. The van der Waals surface area contributed by atoms with Crippen molar-refractivity contribution >= 4 is 0 Å². The van der Waals surface area contributed by atoms with Crippen LogP contribution in [-0.2, 0) is 11.3 Å². The summed E-state index contributed by atoms with van der Waals surface area (Å²) in [7, 11) is 1.68. The highest BCUT2D eigenvalue weighted by Gasteiger charge is 1.98. The molecule has 0 unspecified atom stereocenters. The van der Waals surface area contributed by atoms with Gasteiger partial charge in [-0.3, -0.25) is 0 Å². The second-order valence-electron chi connectivity index (χ2n) is 3.37. The molecule has 78 valence electrons. The van der Waals surface area contributed by atoms with Gasteiger partial charge in [-0.2, -0.15) is 0 Å². The monoisotopic (exact) mass is 195 g/mol. The Morgan fingerprint density at radius 3 is 2.86 bits per heavy atom. The molecular formula is C11H17NO2. The maximum Gasteiger partial charge on any atom is 0.119 e. The lowest BCUT2D eigenvalue weighted by Gasteiger charge is -2.09. The summed E-state index contributed by atoms with van der Waals surface area (Å²) in [5.74, 6) is 0.844. The molecule has 1 aromatic carbocycles. The average molecular weight is 195 g/mol. The zero-order valence-electron chi connectivity index (χ0n) is 8.69. The molecule has 0 aliphatic rings. The van der Waals surface area contributed by atoms with Crippen LogP contribution in [0.2, 0.25) is 0 Å². The molecule has 0 bridgehead atoms. The summed E-state index contributed by atoms with van der Waals surface area (Å²) in [6.45, 7) is 3.06. The third-order valence-electron chi connectivity index (χ3n) is 1.72. The van der Waals surface area contributed by atoms with Crippen LogP contribution in [0.3, 0.4) is 0 Å². The molecule has 14 heavy (non-hydrogen) atoms. The van der Waals surface area contributed by atoms with Crippen LogP contribution in [0.15, 0.2) is 24.3 Å². The summed E-state index contributed by atoms with van der Waals surface area (Å²) < 4.78 is 10.5. The first-order chi connectivity index (χ1) is 6.72. The van der Waals surface area contributed by atoms with Crippen LogP contribution in [0.25, 0.3) is 0 Å². The van der Waals surface area contributed by atoms with Gasteiger partial charge in [-0.15, -0.1) is 0 Å². The van der Waals surface area contributed by atoms with Crippen molar-refractivity contribution in [2.24, 2.45) is 5.73 Å². The van der Waals surface area contributed by atoms with E-state index in [2.05, 4.69) is 0 Å². The quantitative estimate of drug-likeness (QED) is 0.775. The molecule has 0 aromatic heterocycles. The molecule has 0 aliphatic carbocycles. The Hall–Kier alpha value is -1.06. The van der Waals surface area contributed by atoms with E-state index in [9.17, 15) is 0 Å². The molecule has 0 amide bonds. The maximum absolute atomic E-state index is 5.59. The van der Waals surface area contributed by atoms with Gasteiger partial charge in [0.1, 0.15) is 12.4 Å². The predicted octanol–water partition coefficient (Wildman–Crippen LogP) is 1.56. The molecule has 1 aromatic rings. The van der Waals surface area contributed by atoms with E-state index in [1.807, 2.05) is 31.2 Å². The molecule has 0 spiro atoms. The van der Waals surface area contributed by atoms with Crippen LogP contribution in [0.4, 0.5) is 0 Å². The van der Waals surface area contributed by atoms with Crippen molar-refractivity contribution in [1.82, 2.24) is 0 Å². The molecule has 3 nitrogen and oxygen atoms in total. The highest BCUT2D eigenvalue weighted by molar-refractivity contribution is 5.28. The third kappa shape index (κ3) is 3.77. The molecule has 0 saturated carbocycles. The summed E-state index contributed by atoms with van der Waals surface area (Å²) in [4.78, 5) is 0. The van der Waals surface area contributed by atoms with Gasteiger partial charge in [0.15, 0.2) is 0 Å². The maximum atomic E-state index is 5.59. The third-order valence-corrected chi connectivity index (χ3v) is 1.72. The Balaban J connectivity index is 2.54. The zero-order chi connectivity index (χ0) is 10.4. The van der Waals surface area contributed by atoms with E-state index in [0.29, 0.717) is 13.2 Å². The van der Waals surface area contributed by atoms with Crippen LogP contribution >= 0.6 is 0 Å². The lowest BCUT2D eigenvalue weighted by atomic mass is 10.2. The largest absolute Gasteiger partial charge is 0.492 e. The first kappa shape index (κ1) is 11.0. The number of hydrogen-bond acceptors (Lipinski definition) is 3. The summed E-state index contributed by atoms with van der Waals surface area (Å²) >= 11 is 0. The minimum absolute atomic E-state index is 0.0566. The van der Waals surface area contributed by atoms with Crippen LogP contribution < -0.4 is 10.5 Å². The number of methoxy groups -OCH3 is 1. The van der Waals surface area contributed by atoms with Gasteiger partial charge in [-0.05, 0) is 24.6 Å². The van der Waals surface area contributed by atoms with Gasteiger partial charge in [-0.1, -0.05) is 12.1 Å². The van der Waals surface area contributed by atoms with E-state index in [0.717, 1.165) is 11.3 Å². The van der Waals surface area contributed by atoms with Gasteiger partial charge in [0.25, 0.3) is 0 Å². The fraction of sp³-hybridized carbons (Fsp3) is 0.455. The Morgan fingerprint density at radius 1 is 1.43 bits per heavy atom. The van der Waals surface area contributed by atoms with E-state index in [1.165, 1.54) is 0 Å². The van der Waals surface area contributed by atoms with E-state index in [1.54, 1.807) is 7.11 Å². The van der Waals surface area contributed by atoms with Crippen molar-refractivity contribution in [1.29, 1.82) is 0 Å². The topological polar surface area (TPSA) is 44.5 Å². The zero-order valence-corrected chi connectivity index (χ0v) is 8.69. The second kappa shape index (κ2) is 5.62. The SMILES string of the molecule is COCc1cccc(OC[C@H](C)N)c1. The van der Waals surface area contributed by atoms with Crippen molar-refractivity contribution in [3.63, 3.8) is 0 Å². The van der Waals surface area contributed by atoms with Crippen LogP contribution in [-0.4, -0.2) is 19.8 Å². The van der Waals surface area contributed by atoms with Crippen molar-refractivity contribution in [2.75, 3.05) is 13.7 Å². The van der Waals surface area contributed by atoms with Crippen molar-refractivity contribution in [3.8, 4) is 5.75 Å². The summed E-state index contributed by atoms with van der Waals surface area (Å²) in [6, 6.07) is 7.89. The number of ether oxygens (including phenoxy) is 2. The van der Waals surface area contributed by atoms with Gasteiger partial charge in [-0.25, -0.2) is 0 Å². The van der Waals surface area contributed by atoms with Gasteiger partial charge in [0, 0.05) is 13.2 Å². The van der Waals surface area contributed by atoms with Crippen molar-refractivity contribution < 1.29 is 9.47 Å². The highest BCUT2D eigenvalue weighted by atomic mass is 16.5. The number of nitrogens with two attached hydrogens (primary N) is 1. The lowest BCUT2D eigenvalue weighted by molar-refractivity contribution is 0.184. The smallest absolute Gasteiger partial charge is 0.119 e. The van der Waals surface area contributed by atoms with Crippen LogP contribution in [0.1, 0.15) is 12.5 Å². The predicted molar refractivity (Wildman–Crippen MR) is 56.3 cm³/mol. The van der Waals surface area contributed by atoms with Gasteiger partial charge in [0.2, 0.25) is 0 Å². The molecule has 0 saturated heterocycles. The molecule has 3 heteroatoms.